The summed E-state index contributed by atoms with van der Waals surface area (Å²) in [6.07, 6.45) is 4.22. The molecule has 0 fully saturated rings. The zero-order valence-corrected chi connectivity index (χ0v) is 6.37. The van der Waals surface area contributed by atoms with Crippen molar-refractivity contribution in [3.8, 4) is 0 Å². The second-order valence-corrected chi connectivity index (χ2v) is 2.44. The van der Waals surface area contributed by atoms with Gasteiger partial charge in [-0.25, -0.2) is 5.84 Å². The first-order chi connectivity index (χ1) is 5.15. The quantitative estimate of drug-likeness (QED) is 0.442. The Morgan fingerprint density at radius 1 is 1.73 bits per heavy atom. The number of nitrogens with two attached hydrogens (primary N) is 1. The fourth-order valence-corrected chi connectivity index (χ4v) is 0.914. The molecule has 0 aromatic carbocycles. The first-order valence-corrected chi connectivity index (χ1v) is 3.23. The van der Waals surface area contributed by atoms with Crippen LogP contribution in [0, 0.1) is 0 Å². The van der Waals surface area contributed by atoms with E-state index in [4.69, 9.17) is 5.84 Å². The van der Waals surface area contributed by atoms with Gasteiger partial charge in [0, 0.05) is 11.8 Å². The van der Waals surface area contributed by atoms with Gasteiger partial charge in [-0.1, -0.05) is 6.58 Å². The summed E-state index contributed by atoms with van der Waals surface area (Å²) in [6, 6.07) is 0. The molecule has 3 nitrogen and oxygen atoms in total. The van der Waals surface area contributed by atoms with Crippen molar-refractivity contribution < 1.29 is 4.79 Å². The summed E-state index contributed by atoms with van der Waals surface area (Å²) in [6.45, 7) is 5.51. The zero-order chi connectivity index (χ0) is 8.43. The third-order valence-electron chi connectivity index (χ3n) is 1.50. The minimum atomic E-state index is 0.533. The number of hydrazine groups is 1. The summed E-state index contributed by atoms with van der Waals surface area (Å²) in [5.41, 5.74) is 2.01. The molecule has 1 aliphatic heterocycles. The number of aldehydes is 1. The maximum atomic E-state index is 10.4. The minimum absolute atomic E-state index is 0.533. The molecule has 3 heteroatoms. The third-order valence-corrected chi connectivity index (χ3v) is 1.50. The molecule has 0 radical (unpaired) electrons. The lowest BCUT2D eigenvalue weighted by Gasteiger charge is -2.21. The van der Waals surface area contributed by atoms with E-state index in [2.05, 4.69) is 6.58 Å². The van der Waals surface area contributed by atoms with Gasteiger partial charge in [-0.15, -0.1) is 0 Å². The topological polar surface area (TPSA) is 46.3 Å². The SMILES string of the molecule is C=C1C(C=O)=CC(C)=CN1N. The van der Waals surface area contributed by atoms with Crippen LogP contribution in [0.1, 0.15) is 6.92 Å². The minimum Gasteiger partial charge on any atom is -0.298 e. The Balaban J connectivity index is 3.02. The van der Waals surface area contributed by atoms with Crippen LogP contribution >= 0.6 is 0 Å². The summed E-state index contributed by atoms with van der Waals surface area (Å²) in [4.78, 5) is 10.4. The van der Waals surface area contributed by atoms with E-state index in [1.54, 1.807) is 12.3 Å². The molecule has 0 aromatic heterocycles. The van der Waals surface area contributed by atoms with Gasteiger partial charge in [-0.3, -0.25) is 9.80 Å². The second-order valence-electron chi connectivity index (χ2n) is 2.44. The molecule has 0 saturated heterocycles. The number of rotatable bonds is 1. The number of hydrogen-bond acceptors (Lipinski definition) is 3. The van der Waals surface area contributed by atoms with Crippen molar-refractivity contribution in [2.24, 2.45) is 5.84 Å². The average Bonchev–Trinajstić information content (AvgIpc) is 1.96. The molecule has 0 aromatic rings. The Labute approximate surface area is 65.5 Å². The van der Waals surface area contributed by atoms with Crippen molar-refractivity contribution in [3.05, 3.63) is 35.7 Å². The van der Waals surface area contributed by atoms with Crippen LogP contribution in [0.4, 0.5) is 0 Å². The lowest BCUT2D eigenvalue weighted by molar-refractivity contribution is -0.104. The Bertz CT molecular complexity index is 263. The Hall–Kier alpha value is -1.35. The second kappa shape index (κ2) is 2.72. The molecule has 58 valence electrons. The summed E-state index contributed by atoms with van der Waals surface area (Å²) < 4.78 is 0. The highest BCUT2D eigenvalue weighted by atomic mass is 16.1. The van der Waals surface area contributed by atoms with Crippen LogP contribution in [0.25, 0.3) is 0 Å². The molecule has 0 amide bonds. The molecule has 0 atom stereocenters. The summed E-state index contributed by atoms with van der Waals surface area (Å²) in [5, 5.41) is 1.35. The Kier molecular flexibility index (Phi) is 1.92. The van der Waals surface area contributed by atoms with Crippen LogP contribution in [-0.4, -0.2) is 11.3 Å². The largest absolute Gasteiger partial charge is 0.298 e. The highest BCUT2D eigenvalue weighted by Crippen LogP contribution is 2.17. The summed E-state index contributed by atoms with van der Waals surface area (Å²) >= 11 is 0. The first kappa shape index (κ1) is 7.75. The van der Waals surface area contributed by atoms with E-state index in [-0.39, 0.29) is 0 Å². The Morgan fingerprint density at radius 2 is 2.36 bits per heavy atom. The molecule has 11 heavy (non-hydrogen) atoms. The van der Waals surface area contributed by atoms with Crippen LogP contribution in [0.3, 0.4) is 0 Å². The van der Waals surface area contributed by atoms with Gasteiger partial charge in [-0.05, 0) is 18.6 Å². The molecule has 1 aliphatic rings. The van der Waals surface area contributed by atoms with E-state index in [1.165, 1.54) is 5.01 Å². The van der Waals surface area contributed by atoms with E-state index < -0.39 is 0 Å². The van der Waals surface area contributed by atoms with Gasteiger partial charge < -0.3 is 0 Å². The normalized spacial score (nSPS) is 17.6. The summed E-state index contributed by atoms with van der Waals surface area (Å²) in [5.74, 6) is 5.49. The maximum absolute atomic E-state index is 10.4. The molecule has 2 N–H and O–H groups in total. The molecular formula is C8H10N2O. The monoisotopic (exact) mass is 150 g/mol. The molecule has 0 aliphatic carbocycles. The Morgan fingerprint density at radius 3 is 2.91 bits per heavy atom. The van der Waals surface area contributed by atoms with Crippen molar-refractivity contribution >= 4 is 6.29 Å². The number of hydrogen-bond donors (Lipinski definition) is 1. The summed E-state index contributed by atoms with van der Waals surface area (Å²) in [7, 11) is 0. The fraction of sp³-hybridized carbons (Fsp3) is 0.125. The average molecular weight is 150 g/mol. The fourth-order valence-electron chi connectivity index (χ4n) is 0.914. The van der Waals surface area contributed by atoms with E-state index in [0.717, 1.165) is 11.9 Å². The highest BCUT2D eigenvalue weighted by molar-refractivity contribution is 5.81. The van der Waals surface area contributed by atoms with E-state index in [9.17, 15) is 4.79 Å². The van der Waals surface area contributed by atoms with Gasteiger partial charge >= 0.3 is 0 Å². The molecule has 0 unspecified atom stereocenters. The standard InChI is InChI=1S/C8H10N2O/c1-6-3-8(5-11)7(2)10(9)4-6/h3-5H,2,9H2,1H3. The molecule has 0 spiro atoms. The highest BCUT2D eigenvalue weighted by Gasteiger charge is 2.10. The molecule has 1 heterocycles. The predicted octanol–water partition coefficient (Wildman–Crippen LogP) is 0.718. The molecular weight excluding hydrogens is 140 g/mol. The lowest BCUT2D eigenvalue weighted by atomic mass is 10.1. The van der Waals surface area contributed by atoms with Crippen molar-refractivity contribution in [3.63, 3.8) is 0 Å². The number of nitrogens with zero attached hydrogens (tertiary/aromatic N) is 1. The zero-order valence-electron chi connectivity index (χ0n) is 6.37. The van der Waals surface area contributed by atoms with Crippen LogP contribution < -0.4 is 5.84 Å². The van der Waals surface area contributed by atoms with Crippen molar-refractivity contribution in [2.45, 2.75) is 6.92 Å². The van der Waals surface area contributed by atoms with E-state index >= 15 is 0 Å². The van der Waals surface area contributed by atoms with Crippen molar-refractivity contribution in [1.29, 1.82) is 0 Å². The first-order valence-electron chi connectivity index (χ1n) is 3.23. The third kappa shape index (κ3) is 1.38. The lowest BCUT2D eigenvalue weighted by Crippen LogP contribution is -2.27. The van der Waals surface area contributed by atoms with Gasteiger partial charge in [0.25, 0.3) is 0 Å². The van der Waals surface area contributed by atoms with Crippen LogP contribution in [-0.2, 0) is 4.79 Å². The number of allylic oxidation sites excluding steroid dienone is 3. The van der Waals surface area contributed by atoms with E-state index in [0.29, 0.717) is 11.3 Å². The van der Waals surface area contributed by atoms with Crippen molar-refractivity contribution in [1.82, 2.24) is 5.01 Å². The van der Waals surface area contributed by atoms with Crippen LogP contribution in [0.15, 0.2) is 35.7 Å². The van der Waals surface area contributed by atoms with E-state index in [1.807, 2.05) is 6.92 Å². The van der Waals surface area contributed by atoms with Gasteiger partial charge in [-0.2, -0.15) is 0 Å². The van der Waals surface area contributed by atoms with Crippen LogP contribution in [0.2, 0.25) is 0 Å². The van der Waals surface area contributed by atoms with Gasteiger partial charge in [0.15, 0.2) is 6.29 Å². The van der Waals surface area contributed by atoms with Crippen LogP contribution in [0.5, 0.6) is 0 Å². The van der Waals surface area contributed by atoms with Gasteiger partial charge in [0.2, 0.25) is 0 Å². The smallest absolute Gasteiger partial charge is 0.152 e. The maximum Gasteiger partial charge on any atom is 0.152 e. The molecule has 0 bridgehead atoms. The van der Waals surface area contributed by atoms with Gasteiger partial charge in [0.05, 0.1) is 5.70 Å². The number of carbonyl (C=O) groups excluding carboxylic acids is 1. The molecule has 1 rings (SSSR count). The van der Waals surface area contributed by atoms with Crippen molar-refractivity contribution in [2.75, 3.05) is 0 Å². The predicted molar refractivity (Wildman–Crippen MR) is 43.1 cm³/mol. The molecule has 0 saturated carbocycles. The van der Waals surface area contributed by atoms with Gasteiger partial charge in [0.1, 0.15) is 0 Å². The number of carbonyl (C=O) groups is 1.